The van der Waals surface area contributed by atoms with Crippen molar-refractivity contribution in [2.45, 2.75) is 18.9 Å². The van der Waals surface area contributed by atoms with E-state index in [1.807, 2.05) is 17.8 Å². The van der Waals surface area contributed by atoms with Gasteiger partial charge in [0.1, 0.15) is 5.82 Å². The summed E-state index contributed by atoms with van der Waals surface area (Å²) in [6.07, 6.45) is 4.34. The molecule has 0 aliphatic heterocycles. The first kappa shape index (κ1) is 15.9. The van der Waals surface area contributed by atoms with Gasteiger partial charge < -0.3 is 19.1 Å². The van der Waals surface area contributed by atoms with Crippen molar-refractivity contribution < 1.29 is 14.6 Å². The molecule has 1 N–H and O–H groups in total. The van der Waals surface area contributed by atoms with Crippen LogP contribution in [0.15, 0.2) is 29.0 Å². The molecule has 1 atom stereocenters. The summed E-state index contributed by atoms with van der Waals surface area (Å²) >= 11 is 3.47. The van der Waals surface area contributed by atoms with E-state index in [2.05, 4.69) is 20.9 Å². The molecule has 6 heteroatoms. The molecule has 0 aliphatic carbocycles. The third-order valence-corrected chi connectivity index (χ3v) is 4.11. The molecule has 0 bridgehead atoms. The van der Waals surface area contributed by atoms with Crippen LogP contribution >= 0.6 is 15.9 Å². The van der Waals surface area contributed by atoms with Gasteiger partial charge in [-0.05, 0) is 24.1 Å². The summed E-state index contributed by atoms with van der Waals surface area (Å²) in [7, 11) is 5.11. The van der Waals surface area contributed by atoms with E-state index in [0.717, 1.165) is 15.9 Å². The van der Waals surface area contributed by atoms with Gasteiger partial charge in [0, 0.05) is 30.3 Å². The minimum Gasteiger partial charge on any atom is -0.493 e. The Labute approximate surface area is 132 Å². The second kappa shape index (κ2) is 6.95. The fraction of sp³-hybridized carbons (Fsp3) is 0.400. The summed E-state index contributed by atoms with van der Waals surface area (Å²) in [5.74, 6) is 2.18. The second-order valence-corrected chi connectivity index (χ2v) is 5.59. The molecular weight excluding hydrogens is 336 g/mol. The highest BCUT2D eigenvalue weighted by molar-refractivity contribution is 9.10. The molecule has 0 amide bonds. The molecular formula is C15H19BrN2O3. The predicted octanol–water partition coefficient (Wildman–Crippen LogP) is 2.87. The lowest BCUT2D eigenvalue weighted by atomic mass is 10.0. The van der Waals surface area contributed by atoms with Crippen molar-refractivity contribution in [2.24, 2.45) is 7.05 Å². The molecule has 0 saturated carbocycles. The lowest BCUT2D eigenvalue weighted by Gasteiger charge is -2.16. The highest BCUT2D eigenvalue weighted by Gasteiger charge is 2.16. The Morgan fingerprint density at radius 1 is 1.29 bits per heavy atom. The zero-order valence-electron chi connectivity index (χ0n) is 12.3. The molecule has 0 saturated heterocycles. The normalized spacial score (nSPS) is 12.2. The van der Waals surface area contributed by atoms with Crippen LogP contribution in [-0.2, 0) is 13.5 Å². The number of halogens is 1. The van der Waals surface area contributed by atoms with Gasteiger partial charge in [-0.1, -0.05) is 15.9 Å². The Balaban J connectivity index is 2.15. The Morgan fingerprint density at radius 3 is 2.52 bits per heavy atom. The molecule has 21 heavy (non-hydrogen) atoms. The number of aliphatic hydroxyl groups excluding tert-OH is 1. The standard InChI is InChI=1S/C15H19BrN2O3/c1-18-7-6-17-15(18)5-4-12(19)10-8-13(20-2)14(21-3)9-11(10)16/h6-9,12,19H,4-5H2,1-3H3. The number of aromatic nitrogens is 2. The third kappa shape index (κ3) is 3.57. The van der Waals surface area contributed by atoms with Crippen LogP contribution in [0.5, 0.6) is 11.5 Å². The third-order valence-electron chi connectivity index (χ3n) is 3.42. The van der Waals surface area contributed by atoms with Crippen molar-refractivity contribution in [3.8, 4) is 11.5 Å². The summed E-state index contributed by atoms with van der Waals surface area (Å²) in [4.78, 5) is 4.26. The van der Waals surface area contributed by atoms with Crippen molar-refractivity contribution in [1.82, 2.24) is 9.55 Å². The van der Waals surface area contributed by atoms with Crippen LogP contribution in [0.1, 0.15) is 23.9 Å². The quantitative estimate of drug-likeness (QED) is 0.866. The average molecular weight is 355 g/mol. The number of methoxy groups -OCH3 is 2. The summed E-state index contributed by atoms with van der Waals surface area (Å²) in [5, 5.41) is 10.4. The SMILES string of the molecule is COc1cc(Br)c(C(O)CCc2nccn2C)cc1OC. The lowest BCUT2D eigenvalue weighted by Crippen LogP contribution is -2.05. The van der Waals surface area contributed by atoms with Crippen LogP contribution in [0, 0.1) is 0 Å². The Bertz CT molecular complexity index is 613. The number of imidazole rings is 1. The van der Waals surface area contributed by atoms with Gasteiger partial charge in [-0.3, -0.25) is 0 Å². The van der Waals surface area contributed by atoms with Gasteiger partial charge in [-0.2, -0.15) is 0 Å². The van der Waals surface area contributed by atoms with E-state index in [1.54, 1.807) is 32.5 Å². The molecule has 2 aromatic rings. The average Bonchev–Trinajstić information content (AvgIpc) is 2.89. The minimum atomic E-state index is -0.601. The van der Waals surface area contributed by atoms with Crippen LogP contribution in [0.25, 0.3) is 0 Å². The number of nitrogens with zero attached hydrogens (tertiary/aromatic N) is 2. The molecule has 5 nitrogen and oxygen atoms in total. The van der Waals surface area contributed by atoms with E-state index < -0.39 is 6.10 Å². The number of hydrogen-bond acceptors (Lipinski definition) is 4. The van der Waals surface area contributed by atoms with E-state index in [0.29, 0.717) is 24.3 Å². The van der Waals surface area contributed by atoms with Crippen molar-refractivity contribution in [3.63, 3.8) is 0 Å². The number of aryl methyl sites for hydroxylation is 2. The molecule has 1 unspecified atom stereocenters. The van der Waals surface area contributed by atoms with E-state index in [-0.39, 0.29) is 0 Å². The van der Waals surface area contributed by atoms with Crippen LogP contribution in [0.4, 0.5) is 0 Å². The number of ether oxygens (including phenoxy) is 2. The van der Waals surface area contributed by atoms with E-state index in [9.17, 15) is 5.11 Å². The first-order valence-electron chi connectivity index (χ1n) is 6.62. The highest BCUT2D eigenvalue weighted by atomic mass is 79.9. The van der Waals surface area contributed by atoms with E-state index in [4.69, 9.17) is 9.47 Å². The first-order chi connectivity index (χ1) is 10.1. The minimum absolute atomic E-state index is 0.582. The Kier molecular flexibility index (Phi) is 5.25. The van der Waals surface area contributed by atoms with Gasteiger partial charge in [-0.15, -0.1) is 0 Å². The fourth-order valence-electron chi connectivity index (χ4n) is 2.18. The molecule has 2 rings (SSSR count). The van der Waals surface area contributed by atoms with Crippen molar-refractivity contribution in [1.29, 1.82) is 0 Å². The Hall–Kier alpha value is -1.53. The molecule has 0 radical (unpaired) electrons. The van der Waals surface area contributed by atoms with Crippen molar-refractivity contribution in [2.75, 3.05) is 14.2 Å². The monoisotopic (exact) mass is 354 g/mol. The Morgan fingerprint density at radius 2 is 1.95 bits per heavy atom. The van der Waals surface area contributed by atoms with Crippen molar-refractivity contribution in [3.05, 3.63) is 40.4 Å². The van der Waals surface area contributed by atoms with E-state index in [1.165, 1.54) is 0 Å². The first-order valence-corrected chi connectivity index (χ1v) is 7.41. The number of hydrogen-bond donors (Lipinski definition) is 1. The van der Waals surface area contributed by atoms with Crippen LogP contribution in [0.2, 0.25) is 0 Å². The van der Waals surface area contributed by atoms with Crippen molar-refractivity contribution >= 4 is 15.9 Å². The highest BCUT2D eigenvalue weighted by Crippen LogP contribution is 2.37. The van der Waals surface area contributed by atoms with Gasteiger partial charge in [0.25, 0.3) is 0 Å². The number of benzene rings is 1. The lowest BCUT2D eigenvalue weighted by molar-refractivity contribution is 0.165. The summed E-state index contributed by atoms with van der Waals surface area (Å²) in [5.41, 5.74) is 0.779. The largest absolute Gasteiger partial charge is 0.493 e. The molecule has 0 fully saturated rings. The van der Waals surface area contributed by atoms with E-state index >= 15 is 0 Å². The maximum absolute atomic E-state index is 10.4. The topological polar surface area (TPSA) is 56.5 Å². The fourth-order valence-corrected chi connectivity index (χ4v) is 2.77. The van der Waals surface area contributed by atoms with Crippen LogP contribution < -0.4 is 9.47 Å². The maximum atomic E-state index is 10.4. The van der Waals surface area contributed by atoms with Gasteiger partial charge in [0.2, 0.25) is 0 Å². The number of aliphatic hydroxyl groups is 1. The summed E-state index contributed by atoms with van der Waals surface area (Å²) in [6.45, 7) is 0. The van der Waals surface area contributed by atoms with Gasteiger partial charge in [-0.25, -0.2) is 4.98 Å². The molecule has 1 heterocycles. The van der Waals surface area contributed by atoms with Gasteiger partial charge in [0.05, 0.1) is 20.3 Å². The second-order valence-electron chi connectivity index (χ2n) is 4.74. The smallest absolute Gasteiger partial charge is 0.161 e. The molecule has 0 aliphatic rings. The summed E-state index contributed by atoms with van der Waals surface area (Å²) < 4.78 is 13.3. The van der Waals surface area contributed by atoms with Crippen LogP contribution in [-0.4, -0.2) is 28.9 Å². The zero-order valence-corrected chi connectivity index (χ0v) is 13.9. The molecule has 1 aromatic heterocycles. The molecule has 1 aromatic carbocycles. The van der Waals surface area contributed by atoms with Gasteiger partial charge in [0.15, 0.2) is 11.5 Å². The molecule has 0 spiro atoms. The van der Waals surface area contributed by atoms with Crippen LogP contribution in [0.3, 0.4) is 0 Å². The zero-order chi connectivity index (χ0) is 15.4. The summed E-state index contributed by atoms with van der Waals surface area (Å²) in [6, 6.07) is 3.60. The number of rotatable bonds is 6. The van der Waals surface area contributed by atoms with Gasteiger partial charge >= 0.3 is 0 Å². The maximum Gasteiger partial charge on any atom is 0.161 e. The molecule has 114 valence electrons. The predicted molar refractivity (Wildman–Crippen MR) is 83.7 cm³/mol.